The fourth-order valence-electron chi connectivity index (χ4n) is 1.14. The van der Waals surface area contributed by atoms with Crippen LogP contribution in [0.5, 0.6) is 11.5 Å². The van der Waals surface area contributed by atoms with Crippen molar-refractivity contribution < 1.29 is 14.6 Å². The summed E-state index contributed by atoms with van der Waals surface area (Å²) in [7, 11) is 0.807. The zero-order valence-corrected chi connectivity index (χ0v) is 10.5. The van der Waals surface area contributed by atoms with E-state index in [0.29, 0.717) is 11.8 Å². The van der Waals surface area contributed by atoms with Crippen LogP contribution >= 0.6 is 0 Å². The number of rotatable bonds is 2. The molecule has 0 amide bonds. The molecule has 0 saturated heterocycles. The molecule has 4 heteroatoms. The van der Waals surface area contributed by atoms with Gasteiger partial charge in [0.25, 0.3) is 0 Å². The van der Waals surface area contributed by atoms with Crippen molar-refractivity contribution in [1.82, 2.24) is 0 Å². The lowest BCUT2D eigenvalue weighted by Gasteiger charge is -2.05. The second-order valence-electron chi connectivity index (χ2n) is 3.48. The van der Waals surface area contributed by atoms with Crippen LogP contribution in [0.3, 0.4) is 0 Å². The lowest BCUT2D eigenvalue weighted by atomic mass is 10.1. The molecule has 83 valence electrons. The van der Waals surface area contributed by atoms with Crippen molar-refractivity contribution >= 4 is 15.1 Å². The minimum atomic E-state index is -0.633. The van der Waals surface area contributed by atoms with E-state index in [1.807, 2.05) is 0 Å². The largest absolute Gasteiger partial charge is 0.504 e. The van der Waals surface area contributed by atoms with Crippen LogP contribution in [0.15, 0.2) is 12.1 Å². The first kappa shape index (κ1) is 12.3. The number of phenols is 1. The number of ether oxygens (including phenoxy) is 1. The Morgan fingerprint density at radius 1 is 1.44 bits per heavy atom. The van der Waals surface area contributed by atoms with Gasteiger partial charge in [0.05, 0.1) is 12.7 Å². The van der Waals surface area contributed by atoms with Crippen molar-refractivity contribution in [3.63, 3.8) is 0 Å². The molecule has 1 aromatic rings. The van der Waals surface area contributed by atoms with E-state index >= 15 is 0 Å². The molecule has 0 heterocycles. The van der Waals surface area contributed by atoms with E-state index in [1.165, 1.54) is 7.11 Å². The molecule has 0 aromatic heterocycles. The summed E-state index contributed by atoms with van der Waals surface area (Å²) in [6.45, 7) is 4.16. The summed E-state index contributed by atoms with van der Waals surface area (Å²) in [5, 5.41) is 9.59. The highest BCUT2D eigenvalue weighted by Gasteiger charge is 2.08. The smallest absolute Gasteiger partial charge is 0.168 e. The molecule has 0 aliphatic carbocycles. The molecule has 0 unspecified atom stereocenters. The summed E-state index contributed by atoms with van der Waals surface area (Å²) in [6, 6.07) is 3.18. The molecule has 16 heavy (non-hydrogen) atoms. The quantitative estimate of drug-likeness (QED) is 0.482. The third-order valence-corrected chi connectivity index (χ3v) is 2.53. The molecule has 1 rings (SSSR count). The fraction of sp³-hybridized carbons (Fsp3) is 0.250. The summed E-state index contributed by atoms with van der Waals surface area (Å²) in [5.74, 6) is 3.10. The van der Waals surface area contributed by atoms with Gasteiger partial charge in [0, 0.05) is 5.56 Å². The first-order chi connectivity index (χ1) is 7.58. The SMILES string of the molecule is COc1cc(C#C[Si](C)C)cc(C=O)c1O. The fourth-order valence-corrected chi connectivity index (χ4v) is 1.54. The average molecular weight is 233 g/mol. The molecule has 0 aliphatic heterocycles. The Morgan fingerprint density at radius 3 is 2.62 bits per heavy atom. The van der Waals surface area contributed by atoms with Crippen molar-refractivity contribution in [3.8, 4) is 23.0 Å². The number of hydrogen-bond acceptors (Lipinski definition) is 3. The minimum Gasteiger partial charge on any atom is -0.504 e. The third kappa shape index (κ3) is 2.88. The Hall–Kier alpha value is -1.73. The van der Waals surface area contributed by atoms with E-state index in [4.69, 9.17) is 4.74 Å². The molecule has 1 aromatic carbocycles. The molecule has 1 radical (unpaired) electrons. The van der Waals surface area contributed by atoms with E-state index in [0.717, 1.165) is 0 Å². The zero-order valence-electron chi connectivity index (χ0n) is 9.50. The molecule has 0 spiro atoms. The number of phenolic OH excluding ortho intramolecular Hbond substituents is 1. The molecular weight excluding hydrogens is 220 g/mol. The molecule has 0 atom stereocenters. The number of methoxy groups -OCH3 is 1. The van der Waals surface area contributed by atoms with Crippen molar-refractivity contribution in [2.24, 2.45) is 0 Å². The number of carbonyl (C=O) groups excluding carboxylic acids is 1. The van der Waals surface area contributed by atoms with Gasteiger partial charge in [0.2, 0.25) is 0 Å². The van der Waals surface area contributed by atoms with Gasteiger partial charge in [0.1, 0.15) is 8.80 Å². The van der Waals surface area contributed by atoms with Crippen LogP contribution in [-0.4, -0.2) is 27.3 Å². The molecule has 0 aliphatic rings. The predicted octanol–water partition coefficient (Wildman–Crippen LogP) is 1.86. The Kier molecular flexibility index (Phi) is 4.15. The summed E-state index contributed by atoms with van der Waals surface area (Å²) in [5.41, 5.74) is 3.96. The normalized spacial score (nSPS) is 9.50. The highest BCUT2D eigenvalue weighted by Crippen LogP contribution is 2.29. The van der Waals surface area contributed by atoms with Crippen molar-refractivity contribution in [3.05, 3.63) is 23.3 Å². The van der Waals surface area contributed by atoms with Crippen LogP contribution < -0.4 is 4.74 Å². The first-order valence-corrected chi connectivity index (χ1v) is 7.27. The Morgan fingerprint density at radius 2 is 2.12 bits per heavy atom. The second kappa shape index (κ2) is 5.38. The number of benzene rings is 1. The van der Waals surface area contributed by atoms with Crippen LogP contribution in [0.1, 0.15) is 15.9 Å². The van der Waals surface area contributed by atoms with E-state index < -0.39 is 8.80 Å². The highest BCUT2D eigenvalue weighted by atomic mass is 28.3. The van der Waals surface area contributed by atoms with Gasteiger partial charge in [-0.25, -0.2) is 0 Å². The summed E-state index contributed by atoms with van der Waals surface area (Å²) in [6.07, 6.45) is 0.590. The molecule has 0 bridgehead atoms. The third-order valence-electron chi connectivity index (χ3n) is 1.91. The number of aromatic hydroxyl groups is 1. The topological polar surface area (TPSA) is 46.5 Å². The Bertz CT molecular complexity index is 455. The van der Waals surface area contributed by atoms with Crippen LogP contribution in [0.2, 0.25) is 13.1 Å². The summed E-state index contributed by atoms with van der Waals surface area (Å²) in [4.78, 5) is 10.7. The lowest BCUT2D eigenvalue weighted by molar-refractivity contribution is 0.112. The van der Waals surface area contributed by atoms with Crippen LogP contribution in [0.25, 0.3) is 0 Å². The maximum Gasteiger partial charge on any atom is 0.168 e. The molecular formula is C12H13O3Si. The standard InChI is InChI=1S/C12H13O3Si/c1-15-11-7-9(4-5-16(2)3)6-10(8-13)12(11)14/h6-8,14H,1-3H3. The first-order valence-electron chi connectivity index (χ1n) is 4.77. The van der Waals surface area contributed by atoms with E-state index in [-0.39, 0.29) is 17.1 Å². The molecule has 1 N–H and O–H groups in total. The van der Waals surface area contributed by atoms with Crippen LogP contribution in [0, 0.1) is 11.5 Å². The summed E-state index contributed by atoms with van der Waals surface area (Å²) >= 11 is 0. The van der Waals surface area contributed by atoms with Gasteiger partial charge in [-0.2, -0.15) is 0 Å². The molecule has 3 nitrogen and oxygen atoms in total. The van der Waals surface area contributed by atoms with E-state index in [1.54, 1.807) is 12.1 Å². The average Bonchev–Trinajstić information content (AvgIpc) is 2.27. The predicted molar refractivity (Wildman–Crippen MR) is 64.4 cm³/mol. The summed E-state index contributed by atoms with van der Waals surface area (Å²) < 4.78 is 4.97. The monoisotopic (exact) mass is 233 g/mol. The van der Waals surface area contributed by atoms with Crippen molar-refractivity contribution in [2.75, 3.05) is 7.11 Å². The maximum atomic E-state index is 10.7. The van der Waals surface area contributed by atoms with Crippen LogP contribution in [-0.2, 0) is 0 Å². The van der Waals surface area contributed by atoms with E-state index in [9.17, 15) is 9.90 Å². The Balaban J connectivity index is 3.24. The molecule has 0 saturated carbocycles. The van der Waals surface area contributed by atoms with E-state index in [2.05, 4.69) is 24.6 Å². The van der Waals surface area contributed by atoms with Gasteiger partial charge in [-0.15, -0.1) is 5.54 Å². The second-order valence-corrected chi connectivity index (χ2v) is 5.73. The number of hydrogen-bond donors (Lipinski definition) is 1. The molecule has 0 fully saturated rings. The van der Waals surface area contributed by atoms with Gasteiger partial charge in [-0.05, 0) is 12.1 Å². The van der Waals surface area contributed by atoms with Gasteiger partial charge < -0.3 is 9.84 Å². The maximum absolute atomic E-state index is 10.7. The highest BCUT2D eigenvalue weighted by molar-refractivity contribution is 6.64. The van der Waals surface area contributed by atoms with Gasteiger partial charge in [-0.1, -0.05) is 19.0 Å². The van der Waals surface area contributed by atoms with Crippen molar-refractivity contribution in [1.29, 1.82) is 0 Å². The lowest BCUT2D eigenvalue weighted by Crippen LogP contribution is -1.94. The van der Waals surface area contributed by atoms with Gasteiger partial charge in [0.15, 0.2) is 17.8 Å². The van der Waals surface area contributed by atoms with Gasteiger partial charge >= 0.3 is 0 Å². The van der Waals surface area contributed by atoms with Crippen molar-refractivity contribution in [2.45, 2.75) is 13.1 Å². The number of aldehydes is 1. The van der Waals surface area contributed by atoms with Gasteiger partial charge in [-0.3, -0.25) is 4.79 Å². The van der Waals surface area contributed by atoms with Crippen LogP contribution in [0.4, 0.5) is 0 Å². The zero-order chi connectivity index (χ0) is 12.1. The minimum absolute atomic E-state index is 0.137. The Labute approximate surface area is 96.7 Å². The number of carbonyl (C=O) groups is 1.